The highest BCUT2D eigenvalue weighted by atomic mass is 32.2. The molecule has 0 aromatic heterocycles. The Bertz CT molecular complexity index is 935. The lowest BCUT2D eigenvalue weighted by molar-refractivity contribution is 0.0930. The quantitative estimate of drug-likeness (QED) is 0.760. The van der Waals surface area contributed by atoms with Crippen LogP contribution in [0.4, 0.5) is 5.69 Å². The molecule has 0 heterocycles. The van der Waals surface area contributed by atoms with Crippen LogP contribution in [-0.2, 0) is 16.6 Å². The maximum Gasteiger partial charge on any atom is 0.251 e. The molecule has 28 heavy (non-hydrogen) atoms. The Morgan fingerprint density at radius 2 is 1.61 bits per heavy atom. The molecule has 2 aromatic carbocycles. The summed E-state index contributed by atoms with van der Waals surface area (Å²) in [5.74, 6) is 0.228. The number of hydrogen-bond donors (Lipinski definition) is 1. The average molecular weight is 403 g/mol. The third-order valence-electron chi connectivity index (χ3n) is 5.08. The molecule has 1 atom stereocenters. The summed E-state index contributed by atoms with van der Waals surface area (Å²) in [6.07, 6.45) is 1.21. The summed E-state index contributed by atoms with van der Waals surface area (Å²) in [5, 5.41) is 2.97. The summed E-state index contributed by atoms with van der Waals surface area (Å²) in [4.78, 5) is 12.3. The molecule has 2 rings (SSSR count). The Morgan fingerprint density at radius 1 is 1.00 bits per heavy atom. The van der Waals surface area contributed by atoms with Crippen molar-refractivity contribution in [3.63, 3.8) is 0 Å². The van der Waals surface area contributed by atoms with Gasteiger partial charge in [-0.1, -0.05) is 32.0 Å². The predicted molar refractivity (Wildman–Crippen MR) is 115 cm³/mol. The lowest BCUT2D eigenvalue weighted by Gasteiger charge is -2.23. The second-order valence-corrected chi connectivity index (χ2v) is 9.65. The third kappa shape index (κ3) is 5.58. The normalized spacial score (nSPS) is 12.7. The topological polar surface area (TPSA) is 66.5 Å². The molecule has 0 fully saturated rings. The molecule has 0 aliphatic heterocycles. The number of nitrogens with zero attached hydrogens (tertiary/aromatic N) is 1. The average Bonchev–Trinajstić information content (AvgIpc) is 2.61. The number of sulfonamides is 1. The fourth-order valence-corrected chi connectivity index (χ4v) is 3.54. The van der Waals surface area contributed by atoms with E-state index < -0.39 is 10.0 Å². The highest BCUT2D eigenvalue weighted by molar-refractivity contribution is 7.92. The van der Waals surface area contributed by atoms with Crippen molar-refractivity contribution in [3.8, 4) is 0 Å². The van der Waals surface area contributed by atoms with Crippen molar-refractivity contribution < 1.29 is 13.2 Å². The molecule has 0 spiro atoms. The van der Waals surface area contributed by atoms with E-state index in [1.165, 1.54) is 10.6 Å². The van der Waals surface area contributed by atoms with E-state index >= 15 is 0 Å². The number of aryl methyl sites for hydroxylation is 2. The minimum Gasteiger partial charge on any atom is -0.349 e. The smallest absolute Gasteiger partial charge is 0.251 e. The Hall–Kier alpha value is -2.34. The molecule has 5 nitrogen and oxygen atoms in total. The van der Waals surface area contributed by atoms with Crippen molar-refractivity contribution in [2.45, 2.75) is 47.2 Å². The Morgan fingerprint density at radius 3 is 2.11 bits per heavy atom. The summed E-state index contributed by atoms with van der Waals surface area (Å²) in [6.45, 7) is 10.3. The van der Waals surface area contributed by atoms with Gasteiger partial charge in [0.15, 0.2) is 0 Å². The highest BCUT2D eigenvalue weighted by Gasteiger charge is 2.19. The van der Waals surface area contributed by atoms with E-state index in [0.717, 1.165) is 16.7 Å². The number of nitrogens with one attached hydrogen (secondary N) is 1. The zero-order valence-corrected chi connectivity index (χ0v) is 18.3. The first-order chi connectivity index (χ1) is 13.0. The molecule has 0 aliphatic rings. The van der Waals surface area contributed by atoms with Crippen LogP contribution < -0.4 is 9.62 Å². The molecule has 0 radical (unpaired) electrons. The van der Waals surface area contributed by atoms with E-state index in [1.807, 2.05) is 39.0 Å². The first-order valence-corrected chi connectivity index (χ1v) is 11.3. The van der Waals surface area contributed by atoms with Crippen LogP contribution in [0.25, 0.3) is 0 Å². The van der Waals surface area contributed by atoms with Gasteiger partial charge in [-0.25, -0.2) is 8.42 Å². The summed E-state index contributed by atoms with van der Waals surface area (Å²) in [5.41, 5.74) is 4.17. The van der Waals surface area contributed by atoms with Gasteiger partial charge in [-0.2, -0.15) is 0 Å². The van der Waals surface area contributed by atoms with Crippen molar-refractivity contribution in [1.29, 1.82) is 0 Å². The standard InChI is InChI=1S/C22H30N2O3S/c1-15(2)18(5)23-22(25)20-10-8-19(9-11-20)14-24(28(6,26)27)21-12-7-16(3)17(4)13-21/h7-13,15,18H,14H2,1-6H3,(H,23,25)/t18-/m1/s1. The lowest BCUT2D eigenvalue weighted by atomic mass is 10.1. The summed E-state index contributed by atoms with van der Waals surface area (Å²) in [6, 6.07) is 12.8. The summed E-state index contributed by atoms with van der Waals surface area (Å²) in [7, 11) is -3.44. The van der Waals surface area contributed by atoms with Crippen LogP contribution in [-0.4, -0.2) is 26.6 Å². The second kappa shape index (κ2) is 8.78. The fraction of sp³-hybridized carbons (Fsp3) is 0.409. The molecule has 0 bridgehead atoms. The van der Waals surface area contributed by atoms with Gasteiger partial charge in [0.2, 0.25) is 10.0 Å². The minimum atomic E-state index is -3.44. The molecular formula is C22H30N2O3S. The van der Waals surface area contributed by atoms with E-state index in [4.69, 9.17) is 0 Å². The van der Waals surface area contributed by atoms with E-state index in [1.54, 1.807) is 24.3 Å². The number of amides is 1. The molecule has 6 heteroatoms. The van der Waals surface area contributed by atoms with E-state index in [9.17, 15) is 13.2 Å². The Labute approximate surface area is 168 Å². The molecule has 1 amide bonds. The monoisotopic (exact) mass is 402 g/mol. The second-order valence-electron chi connectivity index (χ2n) is 7.74. The van der Waals surface area contributed by atoms with Crippen LogP contribution in [0.5, 0.6) is 0 Å². The Kier molecular flexibility index (Phi) is 6.88. The summed E-state index contributed by atoms with van der Waals surface area (Å²) < 4.78 is 26.1. The van der Waals surface area contributed by atoms with Crippen LogP contribution >= 0.6 is 0 Å². The van der Waals surface area contributed by atoms with Crippen molar-refractivity contribution in [2.24, 2.45) is 5.92 Å². The minimum absolute atomic E-state index is 0.0812. The van der Waals surface area contributed by atoms with Gasteiger partial charge in [0.05, 0.1) is 18.5 Å². The van der Waals surface area contributed by atoms with Gasteiger partial charge >= 0.3 is 0 Å². The number of rotatable bonds is 7. The van der Waals surface area contributed by atoms with Gasteiger partial charge in [-0.15, -0.1) is 0 Å². The van der Waals surface area contributed by atoms with Gasteiger partial charge < -0.3 is 5.32 Å². The van der Waals surface area contributed by atoms with Gasteiger partial charge in [-0.3, -0.25) is 9.10 Å². The van der Waals surface area contributed by atoms with Gasteiger partial charge in [0.25, 0.3) is 5.91 Å². The van der Waals surface area contributed by atoms with Crippen molar-refractivity contribution >= 4 is 21.6 Å². The van der Waals surface area contributed by atoms with Crippen molar-refractivity contribution in [2.75, 3.05) is 10.6 Å². The van der Waals surface area contributed by atoms with Gasteiger partial charge in [-0.05, 0) is 67.6 Å². The molecule has 0 unspecified atom stereocenters. The molecule has 0 aliphatic carbocycles. The maximum absolute atomic E-state index is 12.4. The maximum atomic E-state index is 12.4. The molecule has 0 saturated carbocycles. The first-order valence-electron chi connectivity index (χ1n) is 9.44. The predicted octanol–water partition coefficient (Wildman–Crippen LogP) is 4.04. The first kappa shape index (κ1) is 22.0. The molecular weight excluding hydrogens is 372 g/mol. The number of benzene rings is 2. The largest absolute Gasteiger partial charge is 0.349 e. The fourth-order valence-electron chi connectivity index (χ4n) is 2.66. The number of carbonyl (C=O) groups excluding carboxylic acids is 1. The number of hydrogen-bond acceptors (Lipinski definition) is 3. The number of carbonyl (C=O) groups is 1. The van der Waals surface area contributed by atoms with Gasteiger partial charge in [0.1, 0.15) is 0 Å². The zero-order valence-electron chi connectivity index (χ0n) is 17.5. The summed E-state index contributed by atoms with van der Waals surface area (Å²) >= 11 is 0. The molecule has 0 saturated heterocycles. The SMILES string of the molecule is Cc1ccc(N(Cc2ccc(C(=O)N[C@H](C)C(C)C)cc2)S(C)(=O)=O)cc1C. The van der Waals surface area contributed by atoms with E-state index in [2.05, 4.69) is 19.2 Å². The van der Waals surface area contributed by atoms with Crippen LogP contribution in [0.2, 0.25) is 0 Å². The molecule has 2 aromatic rings. The third-order valence-corrected chi connectivity index (χ3v) is 6.22. The lowest BCUT2D eigenvalue weighted by Crippen LogP contribution is -2.36. The zero-order chi connectivity index (χ0) is 21.1. The van der Waals surface area contributed by atoms with Crippen LogP contribution in [0, 0.1) is 19.8 Å². The Balaban J connectivity index is 2.21. The molecule has 152 valence electrons. The van der Waals surface area contributed by atoms with E-state index in [-0.39, 0.29) is 18.5 Å². The van der Waals surface area contributed by atoms with Crippen LogP contribution in [0.1, 0.15) is 47.8 Å². The molecule has 1 N–H and O–H groups in total. The van der Waals surface area contributed by atoms with E-state index in [0.29, 0.717) is 17.2 Å². The van der Waals surface area contributed by atoms with Crippen molar-refractivity contribution in [3.05, 3.63) is 64.7 Å². The van der Waals surface area contributed by atoms with Crippen LogP contribution in [0.3, 0.4) is 0 Å². The van der Waals surface area contributed by atoms with Crippen LogP contribution in [0.15, 0.2) is 42.5 Å². The van der Waals surface area contributed by atoms with Crippen molar-refractivity contribution in [1.82, 2.24) is 5.32 Å². The number of anilines is 1. The highest BCUT2D eigenvalue weighted by Crippen LogP contribution is 2.23. The van der Waals surface area contributed by atoms with Gasteiger partial charge in [0, 0.05) is 11.6 Å².